The molecule has 6 heteroatoms. The Balaban J connectivity index is 2.27. The maximum Gasteiger partial charge on any atom is 0.319 e. The van der Waals surface area contributed by atoms with Crippen molar-refractivity contribution in [3.05, 3.63) is 29.8 Å². The van der Waals surface area contributed by atoms with Crippen molar-refractivity contribution in [2.75, 3.05) is 18.9 Å². The largest absolute Gasteiger partial charge is 0.481 e. The minimum Gasteiger partial charge on any atom is -0.481 e. The molecule has 0 heterocycles. The minimum atomic E-state index is -0.809. The Labute approximate surface area is 118 Å². The van der Waals surface area contributed by atoms with Gasteiger partial charge < -0.3 is 21.1 Å². The van der Waals surface area contributed by atoms with Crippen LogP contribution in [-0.2, 0) is 11.3 Å². The lowest BCUT2D eigenvalue weighted by atomic mass is 10.2. The van der Waals surface area contributed by atoms with Crippen molar-refractivity contribution < 1.29 is 14.7 Å². The summed E-state index contributed by atoms with van der Waals surface area (Å²) in [6.45, 7) is 1.21. The minimum absolute atomic E-state index is 0.134. The van der Waals surface area contributed by atoms with Gasteiger partial charge in [0, 0.05) is 25.2 Å². The smallest absolute Gasteiger partial charge is 0.319 e. The van der Waals surface area contributed by atoms with Crippen LogP contribution in [0.25, 0.3) is 0 Å². The molecular weight excluding hydrogens is 258 g/mol. The van der Waals surface area contributed by atoms with Gasteiger partial charge in [-0.1, -0.05) is 12.1 Å². The van der Waals surface area contributed by atoms with Crippen LogP contribution in [0.2, 0.25) is 0 Å². The van der Waals surface area contributed by atoms with Crippen LogP contribution in [-0.4, -0.2) is 30.7 Å². The molecule has 0 radical (unpaired) electrons. The molecule has 6 nitrogen and oxygen atoms in total. The van der Waals surface area contributed by atoms with Crippen molar-refractivity contribution in [1.29, 1.82) is 0 Å². The Bertz CT molecular complexity index is 449. The molecule has 0 aliphatic rings. The molecule has 1 aromatic rings. The van der Waals surface area contributed by atoms with Crippen molar-refractivity contribution in [3.8, 4) is 0 Å². The molecule has 4 N–H and O–H groups in total. The molecular formula is C14H21N3O3. The van der Waals surface area contributed by atoms with E-state index >= 15 is 0 Å². The van der Waals surface area contributed by atoms with Gasteiger partial charge in [0.25, 0.3) is 0 Å². The number of urea groups is 1. The fraction of sp³-hybridized carbons (Fsp3) is 0.429. The Kier molecular flexibility index (Phi) is 7.13. The van der Waals surface area contributed by atoms with Crippen LogP contribution in [0.3, 0.4) is 0 Å². The summed E-state index contributed by atoms with van der Waals surface area (Å²) in [6, 6.07) is 7.31. The van der Waals surface area contributed by atoms with E-state index in [0.29, 0.717) is 19.4 Å². The molecule has 110 valence electrons. The monoisotopic (exact) mass is 279 g/mol. The Hall–Kier alpha value is -2.08. The average molecular weight is 279 g/mol. The fourth-order valence-electron chi connectivity index (χ4n) is 1.74. The number of amides is 2. The number of rotatable bonds is 8. The number of carboxylic acids is 1. The predicted octanol–water partition coefficient (Wildman–Crippen LogP) is 1.78. The standard InChI is InChI=1S/C14H21N3O3/c1-15-10-11-5-4-6-12(9-11)17-14(20)16-8-3-2-7-13(18)19/h4-6,9,15H,2-3,7-8,10H2,1H3,(H,18,19)(H2,16,17,20). The van der Waals surface area contributed by atoms with E-state index in [1.807, 2.05) is 31.3 Å². The third-order valence-corrected chi connectivity index (χ3v) is 2.67. The van der Waals surface area contributed by atoms with Gasteiger partial charge in [0.15, 0.2) is 0 Å². The molecule has 0 saturated carbocycles. The number of nitrogens with one attached hydrogen (secondary N) is 3. The van der Waals surface area contributed by atoms with Gasteiger partial charge in [-0.15, -0.1) is 0 Å². The van der Waals surface area contributed by atoms with Crippen LogP contribution in [0.15, 0.2) is 24.3 Å². The molecule has 0 saturated heterocycles. The van der Waals surface area contributed by atoms with Crippen molar-refractivity contribution in [2.45, 2.75) is 25.8 Å². The van der Waals surface area contributed by atoms with Gasteiger partial charge in [0.1, 0.15) is 0 Å². The summed E-state index contributed by atoms with van der Waals surface area (Å²) in [4.78, 5) is 21.9. The first-order valence-corrected chi connectivity index (χ1v) is 6.62. The highest BCUT2D eigenvalue weighted by molar-refractivity contribution is 5.89. The molecule has 0 spiro atoms. The summed E-state index contributed by atoms with van der Waals surface area (Å²) in [5.41, 5.74) is 1.83. The quantitative estimate of drug-likeness (QED) is 0.546. The van der Waals surface area contributed by atoms with E-state index in [1.54, 1.807) is 0 Å². The molecule has 20 heavy (non-hydrogen) atoms. The van der Waals surface area contributed by atoms with Crippen molar-refractivity contribution in [3.63, 3.8) is 0 Å². The summed E-state index contributed by atoms with van der Waals surface area (Å²) in [6.07, 6.45) is 1.35. The van der Waals surface area contributed by atoms with Crippen molar-refractivity contribution in [2.24, 2.45) is 0 Å². The number of carbonyl (C=O) groups excluding carboxylic acids is 1. The number of unbranched alkanes of at least 4 members (excludes halogenated alkanes) is 1. The van der Waals surface area contributed by atoms with Crippen molar-refractivity contribution in [1.82, 2.24) is 10.6 Å². The third kappa shape index (κ3) is 6.75. The number of benzene rings is 1. The number of anilines is 1. The summed E-state index contributed by atoms with van der Waals surface area (Å²) in [5.74, 6) is -0.809. The van der Waals surface area contributed by atoms with Gasteiger partial charge in [-0.05, 0) is 37.6 Å². The predicted molar refractivity (Wildman–Crippen MR) is 77.7 cm³/mol. The molecule has 0 unspecified atom stereocenters. The van der Waals surface area contributed by atoms with Gasteiger partial charge in [0.2, 0.25) is 0 Å². The van der Waals surface area contributed by atoms with Crippen LogP contribution < -0.4 is 16.0 Å². The molecule has 1 aromatic carbocycles. The summed E-state index contributed by atoms with van der Waals surface area (Å²) in [5, 5.41) is 17.0. The zero-order valence-electron chi connectivity index (χ0n) is 11.6. The third-order valence-electron chi connectivity index (χ3n) is 2.67. The number of hydrogen-bond acceptors (Lipinski definition) is 3. The first-order chi connectivity index (χ1) is 9.61. The molecule has 1 rings (SSSR count). The zero-order valence-corrected chi connectivity index (χ0v) is 11.6. The van der Waals surface area contributed by atoms with E-state index in [4.69, 9.17) is 5.11 Å². The molecule has 0 atom stereocenters. The second-order valence-corrected chi connectivity index (χ2v) is 4.46. The molecule has 2 amide bonds. The van der Waals surface area contributed by atoms with E-state index in [-0.39, 0.29) is 12.5 Å². The van der Waals surface area contributed by atoms with Gasteiger partial charge in [0.05, 0.1) is 0 Å². The second kappa shape index (κ2) is 8.92. The summed E-state index contributed by atoms with van der Waals surface area (Å²) in [7, 11) is 1.87. The van der Waals surface area contributed by atoms with E-state index in [1.165, 1.54) is 0 Å². The number of carbonyl (C=O) groups is 2. The molecule has 0 aromatic heterocycles. The first-order valence-electron chi connectivity index (χ1n) is 6.62. The van der Waals surface area contributed by atoms with Gasteiger partial charge in [-0.2, -0.15) is 0 Å². The molecule has 0 bridgehead atoms. The fourth-order valence-corrected chi connectivity index (χ4v) is 1.74. The van der Waals surface area contributed by atoms with Crippen molar-refractivity contribution >= 4 is 17.7 Å². The maximum absolute atomic E-state index is 11.6. The Morgan fingerprint density at radius 3 is 2.75 bits per heavy atom. The Morgan fingerprint density at radius 2 is 2.05 bits per heavy atom. The number of hydrogen-bond donors (Lipinski definition) is 4. The van der Waals surface area contributed by atoms with Crippen LogP contribution in [0.5, 0.6) is 0 Å². The van der Waals surface area contributed by atoms with Crippen LogP contribution in [0.4, 0.5) is 10.5 Å². The second-order valence-electron chi connectivity index (χ2n) is 4.46. The summed E-state index contributed by atoms with van der Waals surface area (Å²) >= 11 is 0. The van der Waals surface area contributed by atoms with E-state index in [2.05, 4.69) is 16.0 Å². The highest BCUT2D eigenvalue weighted by Gasteiger charge is 2.02. The average Bonchev–Trinajstić information content (AvgIpc) is 2.38. The molecule has 0 fully saturated rings. The molecule has 0 aliphatic carbocycles. The zero-order chi connectivity index (χ0) is 14.8. The normalized spacial score (nSPS) is 10.1. The number of carboxylic acid groups (broad SMARTS) is 1. The van der Waals surface area contributed by atoms with Gasteiger partial charge in [-0.3, -0.25) is 4.79 Å². The summed E-state index contributed by atoms with van der Waals surface area (Å²) < 4.78 is 0. The Morgan fingerprint density at radius 1 is 1.25 bits per heavy atom. The van der Waals surface area contributed by atoms with E-state index in [0.717, 1.165) is 17.8 Å². The van der Waals surface area contributed by atoms with Gasteiger partial charge >= 0.3 is 12.0 Å². The topological polar surface area (TPSA) is 90.5 Å². The van der Waals surface area contributed by atoms with E-state index < -0.39 is 5.97 Å². The lowest BCUT2D eigenvalue weighted by Crippen LogP contribution is -2.29. The van der Waals surface area contributed by atoms with Crippen LogP contribution in [0, 0.1) is 0 Å². The van der Waals surface area contributed by atoms with Crippen LogP contribution >= 0.6 is 0 Å². The number of aliphatic carboxylic acids is 1. The highest BCUT2D eigenvalue weighted by Crippen LogP contribution is 2.10. The van der Waals surface area contributed by atoms with Gasteiger partial charge in [-0.25, -0.2) is 4.79 Å². The van der Waals surface area contributed by atoms with Crippen LogP contribution in [0.1, 0.15) is 24.8 Å². The molecule has 0 aliphatic heterocycles. The van der Waals surface area contributed by atoms with E-state index in [9.17, 15) is 9.59 Å². The highest BCUT2D eigenvalue weighted by atomic mass is 16.4. The SMILES string of the molecule is CNCc1cccc(NC(=O)NCCCCC(=O)O)c1. The first kappa shape index (κ1) is 16.0. The maximum atomic E-state index is 11.6. The lowest BCUT2D eigenvalue weighted by Gasteiger charge is -2.08. The lowest BCUT2D eigenvalue weighted by molar-refractivity contribution is -0.137.